The fraction of sp³-hybridized carbons (Fsp3) is 0.462. The van der Waals surface area contributed by atoms with Crippen LogP contribution in [0.5, 0.6) is 0 Å². The van der Waals surface area contributed by atoms with E-state index in [2.05, 4.69) is 33.8 Å². The standard InChI is InChI=1S/C13H17N5/c1-13(2)5-9(14)8-7-17-12(18-10(8)6-13)11-15-3-4-16-11/h3-4,7,9H,5-6,14H2,1-2H3,(H,15,16). The van der Waals surface area contributed by atoms with Crippen LogP contribution < -0.4 is 5.73 Å². The molecule has 0 saturated heterocycles. The lowest BCUT2D eigenvalue weighted by Crippen LogP contribution is -2.30. The molecule has 94 valence electrons. The largest absolute Gasteiger partial charge is 0.342 e. The lowest BCUT2D eigenvalue weighted by molar-refractivity contribution is 0.278. The van der Waals surface area contributed by atoms with Gasteiger partial charge in [-0.15, -0.1) is 0 Å². The highest BCUT2D eigenvalue weighted by Crippen LogP contribution is 2.38. The third-order valence-electron chi connectivity index (χ3n) is 3.43. The molecule has 1 atom stereocenters. The van der Waals surface area contributed by atoms with Gasteiger partial charge in [0.15, 0.2) is 11.6 Å². The van der Waals surface area contributed by atoms with Gasteiger partial charge in [-0.05, 0) is 18.3 Å². The Balaban J connectivity index is 2.05. The Hall–Kier alpha value is -1.75. The van der Waals surface area contributed by atoms with Crippen molar-refractivity contribution in [3.63, 3.8) is 0 Å². The third kappa shape index (κ3) is 1.90. The molecular weight excluding hydrogens is 226 g/mol. The van der Waals surface area contributed by atoms with Crippen molar-refractivity contribution < 1.29 is 0 Å². The van der Waals surface area contributed by atoms with Crippen LogP contribution in [0, 0.1) is 5.41 Å². The van der Waals surface area contributed by atoms with Gasteiger partial charge in [-0.3, -0.25) is 0 Å². The number of aromatic amines is 1. The van der Waals surface area contributed by atoms with Crippen LogP contribution in [0.15, 0.2) is 18.6 Å². The molecule has 0 aromatic carbocycles. The van der Waals surface area contributed by atoms with Gasteiger partial charge >= 0.3 is 0 Å². The van der Waals surface area contributed by atoms with Crippen molar-refractivity contribution in [2.75, 3.05) is 0 Å². The number of hydrogen-bond acceptors (Lipinski definition) is 4. The number of hydrogen-bond donors (Lipinski definition) is 2. The quantitative estimate of drug-likeness (QED) is 0.800. The highest BCUT2D eigenvalue weighted by molar-refractivity contribution is 5.44. The highest BCUT2D eigenvalue weighted by atomic mass is 15.0. The van der Waals surface area contributed by atoms with E-state index in [1.165, 1.54) is 0 Å². The molecule has 5 nitrogen and oxygen atoms in total. The van der Waals surface area contributed by atoms with E-state index < -0.39 is 0 Å². The first-order valence-electron chi connectivity index (χ1n) is 6.16. The number of nitrogens with zero attached hydrogens (tertiary/aromatic N) is 3. The van der Waals surface area contributed by atoms with E-state index in [9.17, 15) is 0 Å². The number of nitrogens with two attached hydrogens (primary N) is 1. The van der Waals surface area contributed by atoms with Gasteiger partial charge in [-0.1, -0.05) is 13.8 Å². The minimum Gasteiger partial charge on any atom is -0.342 e. The highest BCUT2D eigenvalue weighted by Gasteiger charge is 2.31. The van der Waals surface area contributed by atoms with Crippen LogP contribution in [-0.2, 0) is 6.42 Å². The molecule has 0 spiro atoms. The minimum atomic E-state index is 0.0365. The predicted molar refractivity (Wildman–Crippen MR) is 68.6 cm³/mol. The Bertz CT molecular complexity index is 559. The van der Waals surface area contributed by atoms with Crippen molar-refractivity contribution in [1.82, 2.24) is 19.9 Å². The van der Waals surface area contributed by atoms with Crippen molar-refractivity contribution in [1.29, 1.82) is 0 Å². The molecule has 0 aliphatic heterocycles. The molecule has 0 bridgehead atoms. The maximum absolute atomic E-state index is 6.19. The second-order valence-corrected chi connectivity index (χ2v) is 5.69. The van der Waals surface area contributed by atoms with E-state index in [1.54, 1.807) is 12.4 Å². The predicted octanol–water partition coefficient (Wildman–Crippen LogP) is 1.84. The normalized spacial score (nSPS) is 21.6. The molecule has 2 heterocycles. The second-order valence-electron chi connectivity index (χ2n) is 5.69. The lowest BCUT2D eigenvalue weighted by Gasteiger charge is -2.34. The van der Waals surface area contributed by atoms with E-state index in [-0.39, 0.29) is 11.5 Å². The summed E-state index contributed by atoms with van der Waals surface area (Å²) in [4.78, 5) is 16.2. The van der Waals surface area contributed by atoms with E-state index in [0.717, 1.165) is 24.1 Å². The summed E-state index contributed by atoms with van der Waals surface area (Å²) in [6.07, 6.45) is 7.23. The zero-order valence-corrected chi connectivity index (χ0v) is 10.6. The molecule has 1 aliphatic carbocycles. The molecule has 2 aromatic rings. The van der Waals surface area contributed by atoms with Crippen LogP contribution in [0.2, 0.25) is 0 Å². The molecule has 3 N–H and O–H groups in total. The Morgan fingerprint density at radius 1 is 1.39 bits per heavy atom. The number of aromatic nitrogens is 4. The number of rotatable bonds is 1. The second kappa shape index (κ2) is 3.88. The van der Waals surface area contributed by atoms with Crippen LogP contribution in [0.4, 0.5) is 0 Å². The molecule has 0 radical (unpaired) electrons. The monoisotopic (exact) mass is 243 g/mol. The maximum Gasteiger partial charge on any atom is 0.195 e. The van der Waals surface area contributed by atoms with Gasteiger partial charge in [0, 0.05) is 35.9 Å². The molecule has 18 heavy (non-hydrogen) atoms. The lowest BCUT2D eigenvalue weighted by atomic mass is 9.74. The number of nitrogens with one attached hydrogen (secondary N) is 1. The van der Waals surface area contributed by atoms with Crippen molar-refractivity contribution >= 4 is 0 Å². The Morgan fingerprint density at radius 3 is 2.94 bits per heavy atom. The van der Waals surface area contributed by atoms with Gasteiger partial charge in [-0.25, -0.2) is 15.0 Å². The van der Waals surface area contributed by atoms with Crippen molar-refractivity contribution in [3.8, 4) is 11.6 Å². The van der Waals surface area contributed by atoms with Crippen LogP contribution in [0.3, 0.4) is 0 Å². The average molecular weight is 243 g/mol. The van der Waals surface area contributed by atoms with Gasteiger partial charge in [0.2, 0.25) is 0 Å². The molecule has 1 aliphatic rings. The van der Waals surface area contributed by atoms with Gasteiger partial charge in [0.25, 0.3) is 0 Å². The average Bonchev–Trinajstić information content (AvgIpc) is 2.79. The van der Waals surface area contributed by atoms with Gasteiger partial charge in [0.05, 0.1) is 0 Å². The first-order chi connectivity index (χ1) is 8.55. The zero-order chi connectivity index (χ0) is 12.8. The summed E-state index contributed by atoms with van der Waals surface area (Å²) in [6, 6.07) is 0.0365. The molecule has 0 fully saturated rings. The Labute approximate surface area is 106 Å². The maximum atomic E-state index is 6.19. The fourth-order valence-corrected chi connectivity index (χ4v) is 2.61. The van der Waals surface area contributed by atoms with Gasteiger partial charge in [0.1, 0.15) is 0 Å². The van der Waals surface area contributed by atoms with Crippen molar-refractivity contribution in [2.24, 2.45) is 11.1 Å². The number of imidazole rings is 1. The summed E-state index contributed by atoms with van der Waals surface area (Å²) in [5, 5.41) is 0. The third-order valence-corrected chi connectivity index (χ3v) is 3.43. The zero-order valence-electron chi connectivity index (χ0n) is 10.6. The number of H-pyrrole nitrogens is 1. The smallest absolute Gasteiger partial charge is 0.195 e. The van der Waals surface area contributed by atoms with E-state index >= 15 is 0 Å². The summed E-state index contributed by atoms with van der Waals surface area (Å²) in [5.74, 6) is 1.35. The Kier molecular flexibility index (Phi) is 2.45. The summed E-state index contributed by atoms with van der Waals surface area (Å²) >= 11 is 0. The molecule has 0 amide bonds. The molecule has 2 aromatic heterocycles. The van der Waals surface area contributed by atoms with Crippen molar-refractivity contribution in [3.05, 3.63) is 29.8 Å². The topological polar surface area (TPSA) is 80.5 Å². The number of fused-ring (bicyclic) bond motifs is 1. The molecule has 1 unspecified atom stereocenters. The molecular formula is C13H17N5. The summed E-state index contributed by atoms with van der Waals surface area (Å²) in [6.45, 7) is 4.45. The fourth-order valence-electron chi connectivity index (χ4n) is 2.61. The van der Waals surface area contributed by atoms with E-state index in [1.807, 2.05) is 6.20 Å². The van der Waals surface area contributed by atoms with Gasteiger partial charge in [-0.2, -0.15) is 0 Å². The molecule has 5 heteroatoms. The van der Waals surface area contributed by atoms with Crippen LogP contribution >= 0.6 is 0 Å². The van der Waals surface area contributed by atoms with Crippen LogP contribution in [0.25, 0.3) is 11.6 Å². The van der Waals surface area contributed by atoms with E-state index in [4.69, 9.17) is 5.73 Å². The molecule has 3 rings (SSSR count). The van der Waals surface area contributed by atoms with Crippen LogP contribution in [-0.4, -0.2) is 19.9 Å². The van der Waals surface area contributed by atoms with Crippen molar-refractivity contribution in [2.45, 2.75) is 32.7 Å². The Morgan fingerprint density at radius 2 is 2.22 bits per heavy atom. The SMILES string of the molecule is CC1(C)Cc2nc(-c3ncc[nH]3)ncc2C(N)C1. The van der Waals surface area contributed by atoms with E-state index in [0.29, 0.717) is 11.6 Å². The summed E-state index contributed by atoms with van der Waals surface area (Å²) < 4.78 is 0. The summed E-state index contributed by atoms with van der Waals surface area (Å²) in [5.41, 5.74) is 8.51. The first-order valence-corrected chi connectivity index (χ1v) is 6.16. The minimum absolute atomic E-state index is 0.0365. The summed E-state index contributed by atoms with van der Waals surface area (Å²) in [7, 11) is 0. The first kappa shape index (κ1) is 11.3. The molecule has 0 saturated carbocycles. The van der Waals surface area contributed by atoms with Crippen LogP contribution in [0.1, 0.15) is 37.6 Å². The van der Waals surface area contributed by atoms with Gasteiger partial charge < -0.3 is 10.7 Å².